The number of morpholine rings is 1. The first-order chi connectivity index (χ1) is 12.8. The summed E-state index contributed by atoms with van der Waals surface area (Å²) in [4.78, 5) is 17.4. The fourth-order valence-corrected chi connectivity index (χ4v) is 4.95. The van der Waals surface area contributed by atoms with Gasteiger partial charge in [-0.25, -0.2) is 0 Å². The second-order valence-corrected chi connectivity index (χ2v) is 8.18. The molecule has 0 bridgehead atoms. The summed E-state index contributed by atoms with van der Waals surface area (Å²) < 4.78 is 5.45. The molecule has 2 heterocycles. The van der Waals surface area contributed by atoms with Gasteiger partial charge >= 0.3 is 0 Å². The summed E-state index contributed by atoms with van der Waals surface area (Å²) in [6, 6.07) is 10.2. The van der Waals surface area contributed by atoms with Crippen molar-refractivity contribution in [2.24, 2.45) is 0 Å². The summed E-state index contributed by atoms with van der Waals surface area (Å²) in [5.41, 5.74) is 3.36. The number of nitrogens with one attached hydrogen (secondary N) is 1. The SMILES string of the molecule is O=C(Nc1ccccc1N1CCOCC1)c1cc2c(s1)CCCCCC2. The van der Waals surface area contributed by atoms with Crippen LogP contribution >= 0.6 is 11.3 Å². The van der Waals surface area contributed by atoms with Crippen molar-refractivity contribution in [1.29, 1.82) is 0 Å². The van der Waals surface area contributed by atoms with Crippen LogP contribution in [0.15, 0.2) is 30.3 Å². The molecular weight excluding hydrogens is 344 g/mol. The van der Waals surface area contributed by atoms with Crippen LogP contribution in [0, 0.1) is 0 Å². The predicted octanol–water partition coefficient (Wildman–Crippen LogP) is 4.50. The summed E-state index contributed by atoms with van der Waals surface area (Å²) in [5, 5.41) is 3.15. The lowest BCUT2D eigenvalue weighted by molar-refractivity contribution is 0.103. The van der Waals surface area contributed by atoms with E-state index >= 15 is 0 Å². The van der Waals surface area contributed by atoms with Gasteiger partial charge in [0.1, 0.15) is 0 Å². The number of fused-ring (bicyclic) bond motifs is 1. The maximum atomic E-state index is 12.9. The van der Waals surface area contributed by atoms with E-state index in [0.717, 1.165) is 55.4 Å². The van der Waals surface area contributed by atoms with E-state index in [9.17, 15) is 4.79 Å². The van der Waals surface area contributed by atoms with Gasteiger partial charge < -0.3 is 15.0 Å². The lowest BCUT2D eigenvalue weighted by Gasteiger charge is -2.30. The Labute approximate surface area is 159 Å². The van der Waals surface area contributed by atoms with E-state index in [1.54, 1.807) is 11.3 Å². The van der Waals surface area contributed by atoms with Gasteiger partial charge in [-0.15, -0.1) is 11.3 Å². The Bertz CT molecular complexity index is 740. The Morgan fingerprint density at radius 3 is 2.65 bits per heavy atom. The molecule has 0 unspecified atom stereocenters. The summed E-state index contributed by atoms with van der Waals surface area (Å²) in [7, 11) is 0. The summed E-state index contributed by atoms with van der Waals surface area (Å²) in [6.07, 6.45) is 7.34. The normalized spacial score (nSPS) is 17.9. The Kier molecular flexibility index (Phi) is 5.56. The maximum Gasteiger partial charge on any atom is 0.265 e. The maximum absolute atomic E-state index is 12.9. The zero-order valence-corrected chi connectivity index (χ0v) is 15.9. The zero-order valence-electron chi connectivity index (χ0n) is 15.1. The molecule has 4 rings (SSSR count). The van der Waals surface area contributed by atoms with E-state index in [4.69, 9.17) is 4.74 Å². The van der Waals surface area contributed by atoms with Crippen molar-refractivity contribution >= 4 is 28.6 Å². The van der Waals surface area contributed by atoms with Gasteiger partial charge in [0.15, 0.2) is 0 Å². The number of carbonyl (C=O) groups is 1. The number of aryl methyl sites for hydroxylation is 2. The lowest BCUT2D eigenvalue weighted by Crippen LogP contribution is -2.36. The van der Waals surface area contributed by atoms with Gasteiger partial charge in [0, 0.05) is 18.0 Å². The number of anilines is 2. The molecule has 1 aliphatic heterocycles. The lowest BCUT2D eigenvalue weighted by atomic mass is 10.00. The minimum Gasteiger partial charge on any atom is -0.378 e. The number of hydrogen-bond acceptors (Lipinski definition) is 4. The number of ether oxygens (including phenoxy) is 1. The molecule has 1 amide bonds. The van der Waals surface area contributed by atoms with Crippen molar-refractivity contribution < 1.29 is 9.53 Å². The predicted molar refractivity (Wildman–Crippen MR) is 108 cm³/mol. The minimum absolute atomic E-state index is 0.0162. The number of rotatable bonds is 3. The molecule has 2 aromatic rings. The smallest absolute Gasteiger partial charge is 0.265 e. The van der Waals surface area contributed by atoms with E-state index in [0.29, 0.717) is 0 Å². The molecule has 1 aromatic carbocycles. The molecule has 0 saturated carbocycles. The second kappa shape index (κ2) is 8.23. The van der Waals surface area contributed by atoms with Crippen molar-refractivity contribution in [2.75, 3.05) is 36.5 Å². The number of carbonyl (C=O) groups excluding carboxylic acids is 1. The molecular formula is C21H26N2O2S. The fourth-order valence-electron chi connectivity index (χ4n) is 3.80. The van der Waals surface area contributed by atoms with Crippen LogP contribution in [-0.2, 0) is 17.6 Å². The van der Waals surface area contributed by atoms with Crippen molar-refractivity contribution in [3.8, 4) is 0 Å². The van der Waals surface area contributed by atoms with Gasteiger partial charge in [0.05, 0.1) is 29.5 Å². The molecule has 5 heteroatoms. The Morgan fingerprint density at radius 2 is 1.81 bits per heavy atom. The molecule has 0 radical (unpaired) electrons. The van der Waals surface area contributed by atoms with Gasteiger partial charge in [-0.1, -0.05) is 25.0 Å². The molecule has 4 nitrogen and oxygen atoms in total. The highest BCUT2D eigenvalue weighted by molar-refractivity contribution is 7.14. The summed E-state index contributed by atoms with van der Waals surface area (Å²) in [5.74, 6) is 0.0162. The molecule has 1 saturated heterocycles. The second-order valence-electron chi connectivity index (χ2n) is 7.04. The van der Waals surface area contributed by atoms with Crippen LogP contribution in [0.4, 0.5) is 11.4 Å². The molecule has 1 fully saturated rings. The number of benzene rings is 1. The Balaban J connectivity index is 1.52. The fraction of sp³-hybridized carbons (Fsp3) is 0.476. The molecule has 0 atom stereocenters. The first kappa shape index (κ1) is 17.6. The highest BCUT2D eigenvalue weighted by Crippen LogP contribution is 2.31. The molecule has 1 N–H and O–H groups in total. The first-order valence-electron chi connectivity index (χ1n) is 9.66. The number of nitrogens with zero attached hydrogens (tertiary/aromatic N) is 1. The molecule has 1 aliphatic carbocycles. The largest absolute Gasteiger partial charge is 0.378 e. The van der Waals surface area contributed by atoms with Crippen LogP contribution in [0.3, 0.4) is 0 Å². The Hall–Kier alpha value is -1.85. The molecule has 1 aromatic heterocycles. The van der Waals surface area contributed by atoms with Gasteiger partial charge in [-0.2, -0.15) is 0 Å². The first-order valence-corrected chi connectivity index (χ1v) is 10.5. The summed E-state index contributed by atoms with van der Waals surface area (Å²) >= 11 is 1.68. The number of thiophene rings is 1. The standard InChI is InChI=1S/C21H26N2O2S/c24-21(20-15-16-7-3-1-2-4-10-19(16)26-20)22-17-8-5-6-9-18(17)23-11-13-25-14-12-23/h5-6,8-9,15H,1-4,7,10-14H2,(H,22,24). The van der Waals surface area contributed by atoms with Crippen LogP contribution in [-0.4, -0.2) is 32.2 Å². The topological polar surface area (TPSA) is 41.6 Å². The summed E-state index contributed by atoms with van der Waals surface area (Å²) in [6.45, 7) is 3.19. The number of amides is 1. The highest BCUT2D eigenvalue weighted by Gasteiger charge is 2.19. The Morgan fingerprint density at radius 1 is 1.04 bits per heavy atom. The van der Waals surface area contributed by atoms with Crippen LogP contribution in [0.1, 0.15) is 45.8 Å². The van der Waals surface area contributed by atoms with E-state index in [1.165, 1.54) is 36.1 Å². The molecule has 0 spiro atoms. The highest BCUT2D eigenvalue weighted by atomic mass is 32.1. The van der Waals surface area contributed by atoms with Gasteiger partial charge in [-0.3, -0.25) is 4.79 Å². The van der Waals surface area contributed by atoms with Crippen LogP contribution in [0.5, 0.6) is 0 Å². The van der Waals surface area contributed by atoms with E-state index in [2.05, 4.69) is 22.3 Å². The number of para-hydroxylation sites is 2. The third kappa shape index (κ3) is 3.94. The monoisotopic (exact) mass is 370 g/mol. The zero-order chi connectivity index (χ0) is 17.8. The van der Waals surface area contributed by atoms with E-state index in [1.807, 2.05) is 18.2 Å². The van der Waals surface area contributed by atoms with Crippen molar-refractivity contribution in [1.82, 2.24) is 0 Å². The molecule has 2 aliphatic rings. The van der Waals surface area contributed by atoms with Crippen molar-refractivity contribution in [3.63, 3.8) is 0 Å². The van der Waals surface area contributed by atoms with E-state index in [-0.39, 0.29) is 5.91 Å². The van der Waals surface area contributed by atoms with E-state index < -0.39 is 0 Å². The number of hydrogen-bond donors (Lipinski definition) is 1. The average Bonchev–Trinajstić information content (AvgIpc) is 3.05. The molecule has 138 valence electrons. The van der Waals surface area contributed by atoms with Crippen molar-refractivity contribution in [2.45, 2.75) is 38.5 Å². The minimum atomic E-state index is 0.0162. The van der Waals surface area contributed by atoms with Crippen LogP contribution in [0.2, 0.25) is 0 Å². The average molecular weight is 371 g/mol. The van der Waals surface area contributed by atoms with Crippen LogP contribution < -0.4 is 10.2 Å². The van der Waals surface area contributed by atoms with Gasteiger partial charge in [0.2, 0.25) is 0 Å². The van der Waals surface area contributed by atoms with Gasteiger partial charge in [-0.05, 0) is 49.4 Å². The van der Waals surface area contributed by atoms with Crippen LogP contribution in [0.25, 0.3) is 0 Å². The van der Waals surface area contributed by atoms with Crippen molar-refractivity contribution in [3.05, 3.63) is 45.6 Å². The molecule has 26 heavy (non-hydrogen) atoms. The quantitative estimate of drug-likeness (QED) is 0.865. The van der Waals surface area contributed by atoms with Gasteiger partial charge in [0.25, 0.3) is 5.91 Å². The third-order valence-corrected chi connectivity index (χ3v) is 6.46. The third-order valence-electron chi connectivity index (χ3n) is 5.22.